The third-order valence-electron chi connectivity index (χ3n) is 6.46. The smallest absolute Gasteiger partial charge is 0.328 e. The number of aryl methyl sites for hydroxylation is 2. The fourth-order valence-corrected chi connectivity index (χ4v) is 4.80. The highest BCUT2D eigenvalue weighted by Gasteiger charge is 2.35. The number of aromatic nitrogens is 3. The van der Waals surface area contributed by atoms with E-state index in [0.717, 1.165) is 33.3 Å². The Morgan fingerprint density at radius 1 is 1.06 bits per heavy atom. The first-order valence-electron chi connectivity index (χ1n) is 11.3. The molecule has 5 rings (SSSR count). The minimum atomic E-state index is -0.661. The molecule has 1 aliphatic heterocycles. The highest BCUT2D eigenvalue weighted by molar-refractivity contribution is 5.95. The van der Waals surface area contributed by atoms with Gasteiger partial charge in [-0.25, -0.2) is 14.5 Å². The number of rotatable bonds is 4. The van der Waals surface area contributed by atoms with Crippen LogP contribution in [0.15, 0.2) is 60.8 Å². The van der Waals surface area contributed by atoms with Crippen molar-refractivity contribution in [3.05, 3.63) is 83.2 Å². The van der Waals surface area contributed by atoms with Crippen molar-refractivity contribution in [3.63, 3.8) is 0 Å². The Labute approximate surface area is 198 Å². The van der Waals surface area contributed by atoms with Crippen molar-refractivity contribution in [2.75, 3.05) is 7.11 Å². The summed E-state index contributed by atoms with van der Waals surface area (Å²) in [6.45, 7) is 4.34. The molecule has 0 spiro atoms. The second-order valence-electron chi connectivity index (χ2n) is 8.70. The van der Waals surface area contributed by atoms with Crippen LogP contribution in [0.25, 0.3) is 22.2 Å². The third kappa shape index (κ3) is 3.83. The molecule has 0 aliphatic carbocycles. The van der Waals surface area contributed by atoms with Gasteiger partial charge < -0.3 is 9.64 Å². The lowest BCUT2D eigenvalue weighted by atomic mass is 9.94. The Hall–Kier alpha value is -4.00. The van der Waals surface area contributed by atoms with Crippen LogP contribution in [-0.4, -0.2) is 44.7 Å². The van der Waals surface area contributed by atoms with Crippen LogP contribution in [-0.2, 0) is 33.8 Å². The standard InChI is InChI=1S/C27H26N4O3/c1-17-7-6-10-20(13-17)22-11-12-28-26-25(22)18(2)29-31(26)16-24(32)30-15-21-9-5-4-8-19(21)14-23(30)27(33)34-3/h4-13,23H,14-16H2,1-3H3. The van der Waals surface area contributed by atoms with E-state index in [-0.39, 0.29) is 12.5 Å². The summed E-state index contributed by atoms with van der Waals surface area (Å²) in [5.41, 5.74) is 6.84. The molecular weight excluding hydrogens is 428 g/mol. The van der Waals surface area contributed by atoms with Crippen LogP contribution >= 0.6 is 0 Å². The number of amides is 1. The topological polar surface area (TPSA) is 77.3 Å². The van der Waals surface area contributed by atoms with Gasteiger partial charge in [-0.3, -0.25) is 4.79 Å². The molecule has 172 valence electrons. The molecule has 7 heteroatoms. The number of hydrogen-bond donors (Lipinski definition) is 0. The molecule has 0 saturated carbocycles. The van der Waals surface area contributed by atoms with E-state index in [0.29, 0.717) is 18.6 Å². The second kappa shape index (κ2) is 8.74. The van der Waals surface area contributed by atoms with Gasteiger partial charge in [0.15, 0.2) is 5.65 Å². The molecule has 0 radical (unpaired) electrons. The largest absolute Gasteiger partial charge is 0.467 e. The van der Waals surface area contributed by atoms with Gasteiger partial charge in [-0.1, -0.05) is 54.1 Å². The normalized spacial score (nSPS) is 15.3. The molecule has 1 aliphatic rings. The lowest BCUT2D eigenvalue weighted by molar-refractivity contribution is -0.154. The fraction of sp³-hybridized carbons (Fsp3) is 0.259. The molecular formula is C27H26N4O3. The maximum atomic E-state index is 13.5. The monoisotopic (exact) mass is 454 g/mol. The number of carbonyl (C=O) groups is 2. The Bertz CT molecular complexity index is 1410. The number of pyridine rings is 1. The van der Waals surface area contributed by atoms with Crippen molar-refractivity contribution in [2.45, 2.75) is 39.4 Å². The Kier molecular flexibility index (Phi) is 5.61. The molecule has 2 aromatic carbocycles. The van der Waals surface area contributed by atoms with Crippen molar-refractivity contribution < 1.29 is 14.3 Å². The minimum Gasteiger partial charge on any atom is -0.467 e. The minimum absolute atomic E-state index is 0.00965. The number of methoxy groups -OCH3 is 1. The molecule has 34 heavy (non-hydrogen) atoms. The zero-order chi connectivity index (χ0) is 23.8. The van der Waals surface area contributed by atoms with Gasteiger partial charge in [0.25, 0.3) is 0 Å². The average molecular weight is 455 g/mol. The van der Waals surface area contributed by atoms with Gasteiger partial charge in [0.05, 0.1) is 12.8 Å². The predicted molar refractivity (Wildman–Crippen MR) is 129 cm³/mol. The van der Waals surface area contributed by atoms with E-state index in [2.05, 4.69) is 35.2 Å². The summed E-state index contributed by atoms with van der Waals surface area (Å²) in [5, 5.41) is 5.58. The van der Waals surface area contributed by atoms with Crippen LogP contribution < -0.4 is 0 Å². The molecule has 0 bridgehead atoms. The quantitative estimate of drug-likeness (QED) is 0.438. The molecule has 2 aromatic heterocycles. The zero-order valence-electron chi connectivity index (χ0n) is 19.5. The molecule has 4 aromatic rings. The second-order valence-corrected chi connectivity index (χ2v) is 8.70. The van der Waals surface area contributed by atoms with E-state index >= 15 is 0 Å². The Morgan fingerprint density at radius 3 is 2.62 bits per heavy atom. The summed E-state index contributed by atoms with van der Waals surface area (Å²) in [6.07, 6.45) is 2.18. The first-order chi connectivity index (χ1) is 16.5. The van der Waals surface area contributed by atoms with E-state index in [1.807, 2.05) is 43.3 Å². The fourth-order valence-electron chi connectivity index (χ4n) is 4.80. The van der Waals surface area contributed by atoms with Gasteiger partial charge in [0, 0.05) is 24.5 Å². The van der Waals surface area contributed by atoms with E-state index < -0.39 is 12.0 Å². The van der Waals surface area contributed by atoms with E-state index in [4.69, 9.17) is 4.74 Å². The van der Waals surface area contributed by atoms with Crippen LogP contribution in [0.5, 0.6) is 0 Å². The van der Waals surface area contributed by atoms with Gasteiger partial charge >= 0.3 is 5.97 Å². The summed E-state index contributed by atoms with van der Waals surface area (Å²) in [5.74, 6) is -0.610. The lowest BCUT2D eigenvalue weighted by Crippen LogP contribution is -2.50. The summed E-state index contributed by atoms with van der Waals surface area (Å²) in [4.78, 5) is 32.2. The van der Waals surface area contributed by atoms with Crippen molar-refractivity contribution in [1.29, 1.82) is 0 Å². The summed E-state index contributed by atoms with van der Waals surface area (Å²) >= 11 is 0. The van der Waals surface area contributed by atoms with E-state index in [1.54, 1.807) is 15.8 Å². The molecule has 0 fully saturated rings. The number of esters is 1. The lowest BCUT2D eigenvalue weighted by Gasteiger charge is -2.35. The van der Waals surface area contributed by atoms with Crippen LogP contribution in [0.4, 0.5) is 0 Å². The van der Waals surface area contributed by atoms with Gasteiger partial charge in [-0.15, -0.1) is 0 Å². The SMILES string of the molecule is COC(=O)C1Cc2ccccc2CN1C(=O)Cn1nc(C)c2c(-c3cccc(C)c3)ccnc21. The highest BCUT2D eigenvalue weighted by atomic mass is 16.5. The molecule has 7 nitrogen and oxygen atoms in total. The summed E-state index contributed by atoms with van der Waals surface area (Å²) in [7, 11) is 1.35. The van der Waals surface area contributed by atoms with Gasteiger partial charge in [0.1, 0.15) is 12.6 Å². The van der Waals surface area contributed by atoms with Crippen LogP contribution in [0.3, 0.4) is 0 Å². The van der Waals surface area contributed by atoms with Gasteiger partial charge in [-0.05, 0) is 42.2 Å². The zero-order valence-corrected chi connectivity index (χ0v) is 19.5. The van der Waals surface area contributed by atoms with Crippen molar-refractivity contribution in [1.82, 2.24) is 19.7 Å². The summed E-state index contributed by atoms with van der Waals surface area (Å²) in [6, 6.07) is 17.5. The number of hydrogen-bond acceptors (Lipinski definition) is 5. The number of carbonyl (C=O) groups excluding carboxylic acids is 2. The first-order valence-corrected chi connectivity index (χ1v) is 11.3. The van der Waals surface area contributed by atoms with E-state index in [9.17, 15) is 9.59 Å². The van der Waals surface area contributed by atoms with Crippen molar-refractivity contribution in [3.8, 4) is 11.1 Å². The van der Waals surface area contributed by atoms with Crippen LogP contribution in [0.2, 0.25) is 0 Å². The molecule has 1 atom stereocenters. The molecule has 1 unspecified atom stereocenters. The average Bonchev–Trinajstić information content (AvgIpc) is 3.17. The van der Waals surface area contributed by atoms with Gasteiger partial charge in [0.2, 0.25) is 5.91 Å². The molecule has 1 amide bonds. The van der Waals surface area contributed by atoms with Gasteiger partial charge in [-0.2, -0.15) is 5.10 Å². The van der Waals surface area contributed by atoms with Crippen molar-refractivity contribution >= 4 is 22.9 Å². The number of fused-ring (bicyclic) bond motifs is 2. The summed E-state index contributed by atoms with van der Waals surface area (Å²) < 4.78 is 6.66. The molecule has 0 saturated heterocycles. The van der Waals surface area contributed by atoms with Crippen LogP contribution in [0.1, 0.15) is 22.4 Å². The van der Waals surface area contributed by atoms with E-state index in [1.165, 1.54) is 12.7 Å². The Balaban J connectivity index is 1.50. The number of benzene rings is 2. The Morgan fingerprint density at radius 2 is 1.85 bits per heavy atom. The number of ether oxygens (including phenoxy) is 1. The predicted octanol–water partition coefficient (Wildman–Crippen LogP) is 3.84. The molecule has 0 N–H and O–H groups in total. The first kappa shape index (κ1) is 21.8. The maximum absolute atomic E-state index is 13.5. The molecule has 3 heterocycles. The van der Waals surface area contributed by atoms with Crippen molar-refractivity contribution in [2.24, 2.45) is 0 Å². The van der Waals surface area contributed by atoms with Crippen LogP contribution in [0, 0.1) is 13.8 Å². The highest BCUT2D eigenvalue weighted by Crippen LogP contribution is 2.31. The number of nitrogens with zero attached hydrogens (tertiary/aromatic N) is 4. The third-order valence-corrected chi connectivity index (χ3v) is 6.46. The maximum Gasteiger partial charge on any atom is 0.328 e.